The smallest absolute Gasteiger partial charge is 0.00177 e. The van der Waals surface area contributed by atoms with Gasteiger partial charge in [-0.1, -0.05) is 0 Å². The third-order valence-electron chi connectivity index (χ3n) is 4.86. The topological polar surface area (TPSA) is 78.1 Å². The van der Waals surface area contributed by atoms with E-state index in [4.69, 9.17) is 17.2 Å². The summed E-state index contributed by atoms with van der Waals surface area (Å²) in [6.07, 6.45) is 6.41. The van der Waals surface area contributed by atoms with Crippen molar-refractivity contribution in [1.82, 2.24) is 0 Å². The van der Waals surface area contributed by atoms with Gasteiger partial charge in [0.15, 0.2) is 0 Å². The van der Waals surface area contributed by atoms with E-state index in [0.29, 0.717) is 5.41 Å². The monoisotopic (exact) mass is 211 g/mol. The Labute approximate surface area is 92.8 Å². The molecule has 0 aromatic heterocycles. The summed E-state index contributed by atoms with van der Waals surface area (Å²) in [5.74, 6) is 2.44. The van der Waals surface area contributed by atoms with Crippen LogP contribution in [0, 0.1) is 23.2 Å². The zero-order valence-electron chi connectivity index (χ0n) is 9.62. The first-order valence-corrected chi connectivity index (χ1v) is 6.36. The summed E-state index contributed by atoms with van der Waals surface area (Å²) in [6, 6.07) is 0. The Morgan fingerprint density at radius 3 is 2.47 bits per heavy atom. The Morgan fingerprint density at radius 2 is 1.93 bits per heavy atom. The molecule has 2 rings (SSSR count). The van der Waals surface area contributed by atoms with Crippen LogP contribution in [0.1, 0.15) is 32.1 Å². The molecule has 2 saturated carbocycles. The highest BCUT2D eigenvalue weighted by molar-refractivity contribution is 5.04. The largest absolute Gasteiger partial charge is 0.330 e. The van der Waals surface area contributed by atoms with Gasteiger partial charge in [0.2, 0.25) is 0 Å². The van der Waals surface area contributed by atoms with Gasteiger partial charge in [-0.25, -0.2) is 0 Å². The molecule has 0 saturated heterocycles. The van der Waals surface area contributed by atoms with Gasteiger partial charge in [-0.2, -0.15) is 0 Å². The average Bonchev–Trinajstić information content (AvgIpc) is 2.83. The van der Waals surface area contributed by atoms with Crippen LogP contribution in [0.4, 0.5) is 0 Å². The van der Waals surface area contributed by atoms with Gasteiger partial charge in [0, 0.05) is 0 Å². The Morgan fingerprint density at radius 1 is 1.13 bits per heavy atom. The highest BCUT2D eigenvalue weighted by Crippen LogP contribution is 2.59. The lowest BCUT2D eigenvalue weighted by Gasteiger charge is -2.41. The lowest BCUT2D eigenvalue weighted by atomic mass is 9.66. The number of hydrogen-bond donors (Lipinski definition) is 3. The molecule has 3 heteroatoms. The molecule has 88 valence electrons. The fourth-order valence-electron chi connectivity index (χ4n) is 4.22. The number of rotatable bonds is 5. The van der Waals surface area contributed by atoms with Crippen molar-refractivity contribution >= 4 is 0 Å². The number of hydrogen-bond acceptors (Lipinski definition) is 3. The molecular weight excluding hydrogens is 186 g/mol. The van der Waals surface area contributed by atoms with E-state index in [1.807, 2.05) is 0 Å². The van der Waals surface area contributed by atoms with Crippen LogP contribution in [0.2, 0.25) is 0 Å². The Hall–Kier alpha value is -0.120. The zero-order valence-corrected chi connectivity index (χ0v) is 9.62. The van der Waals surface area contributed by atoms with E-state index < -0.39 is 0 Å². The van der Waals surface area contributed by atoms with Gasteiger partial charge < -0.3 is 17.2 Å². The summed E-state index contributed by atoms with van der Waals surface area (Å²) >= 11 is 0. The van der Waals surface area contributed by atoms with Crippen LogP contribution >= 0.6 is 0 Å². The Balaban J connectivity index is 2.06. The predicted molar refractivity (Wildman–Crippen MR) is 63.2 cm³/mol. The minimum Gasteiger partial charge on any atom is -0.330 e. The third kappa shape index (κ3) is 1.81. The molecule has 6 N–H and O–H groups in total. The van der Waals surface area contributed by atoms with E-state index in [9.17, 15) is 0 Å². The molecule has 0 radical (unpaired) electrons. The summed E-state index contributed by atoms with van der Waals surface area (Å²) in [7, 11) is 0. The van der Waals surface area contributed by atoms with Gasteiger partial charge in [0.05, 0.1) is 0 Å². The summed E-state index contributed by atoms with van der Waals surface area (Å²) in [5, 5.41) is 0. The van der Waals surface area contributed by atoms with Crippen molar-refractivity contribution in [3.8, 4) is 0 Å². The van der Waals surface area contributed by atoms with Gasteiger partial charge in [0.1, 0.15) is 0 Å². The summed E-state index contributed by atoms with van der Waals surface area (Å²) in [6.45, 7) is 2.49. The van der Waals surface area contributed by atoms with Crippen molar-refractivity contribution in [1.29, 1.82) is 0 Å². The normalized spacial score (nSPS) is 43.8. The molecule has 0 aliphatic heterocycles. The highest BCUT2D eigenvalue weighted by atomic mass is 14.7. The van der Waals surface area contributed by atoms with Crippen molar-refractivity contribution in [2.24, 2.45) is 40.4 Å². The molecular formula is C12H25N3. The van der Waals surface area contributed by atoms with Crippen molar-refractivity contribution in [3.05, 3.63) is 0 Å². The number of fused-ring (bicyclic) bond motifs is 2. The molecule has 0 spiro atoms. The minimum absolute atomic E-state index is 0.395. The molecule has 0 heterocycles. The third-order valence-corrected chi connectivity index (χ3v) is 4.86. The van der Waals surface area contributed by atoms with E-state index in [-0.39, 0.29) is 0 Å². The van der Waals surface area contributed by atoms with E-state index in [1.54, 1.807) is 0 Å². The van der Waals surface area contributed by atoms with Crippen molar-refractivity contribution in [2.75, 3.05) is 19.6 Å². The lowest BCUT2D eigenvalue weighted by molar-refractivity contribution is 0.107. The highest BCUT2D eigenvalue weighted by Gasteiger charge is 2.53. The van der Waals surface area contributed by atoms with Gasteiger partial charge in [0.25, 0.3) is 0 Å². The molecule has 2 bridgehead atoms. The maximum absolute atomic E-state index is 6.03. The van der Waals surface area contributed by atoms with E-state index in [0.717, 1.165) is 43.8 Å². The fourth-order valence-corrected chi connectivity index (χ4v) is 4.22. The first kappa shape index (κ1) is 11.4. The van der Waals surface area contributed by atoms with E-state index >= 15 is 0 Å². The Kier molecular flexibility index (Phi) is 3.33. The Bertz CT molecular complexity index is 219. The quantitative estimate of drug-likeness (QED) is 0.625. The van der Waals surface area contributed by atoms with E-state index in [1.165, 1.54) is 25.7 Å². The molecule has 2 fully saturated rings. The van der Waals surface area contributed by atoms with Crippen LogP contribution in [-0.4, -0.2) is 19.6 Å². The summed E-state index contributed by atoms with van der Waals surface area (Å²) in [5.41, 5.74) is 17.9. The number of nitrogens with two attached hydrogens (primary N) is 3. The van der Waals surface area contributed by atoms with Crippen LogP contribution in [0.5, 0.6) is 0 Å². The molecule has 0 aromatic rings. The maximum Gasteiger partial charge on any atom is -0.00177 e. The predicted octanol–water partition coefficient (Wildman–Crippen LogP) is 0.675. The fraction of sp³-hybridized carbons (Fsp3) is 1.00. The lowest BCUT2D eigenvalue weighted by Crippen LogP contribution is -2.41. The first-order valence-electron chi connectivity index (χ1n) is 6.36. The minimum atomic E-state index is 0.395. The first-order chi connectivity index (χ1) is 7.25. The second-order valence-electron chi connectivity index (χ2n) is 5.60. The van der Waals surface area contributed by atoms with Crippen molar-refractivity contribution in [2.45, 2.75) is 32.1 Å². The van der Waals surface area contributed by atoms with Gasteiger partial charge in [-0.3, -0.25) is 0 Å². The van der Waals surface area contributed by atoms with Crippen LogP contribution in [0.3, 0.4) is 0 Å². The molecule has 0 amide bonds. The molecule has 4 atom stereocenters. The van der Waals surface area contributed by atoms with Crippen LogP contribution in [0.15, 0.2) is 0 Å². The maximum atomic E-state index is 6.03. The summed E-state index contributed by atoms with van der Waals surface area (Å²) in [4.78, 5) is 0. The molecule has 15 heavy (non-hydrogen) atoms. The standard InChI is InChI=1S/C12H25N3/c13-3-1-2-12(8-15)6-9-4-10(7-14)11(12)5-9/h9-11H,1-8,13-15H2. The van der Waals surface area contributed by atoms with Crippen LogP contribution < -0.4 is 17.2 Å². The van der Waals surface area contributed by atoms with E-state index in [2.05, 4.69) is 0 Å². The zero-order chi connectivity index (χ0) is 10.9. The second-order valence-corrected chi connectivity index (χ2v) is 5.60. The second kappa shape index (κ2) is 4.40. The van der Waals surface area contributed by atoms with Gasteiger partial charge >= 0.3 is 0 Å². The average molecular weight is 211 g/mol. The van der Waals surface area contributed by atoms with Crippen LogP contribution in [-0.2, 0) is 0 Å². The molecule has 2 aliphatic carbocycles. The molecule has 0 aromatic carbocycles. The van der Waals surface area contributed by atoms with Gasteiger partial charge in [-0.05, 0) is 74.9 Å². The molecule has 2 aliphatic rings. The molecule has 3 nitrogen and oxygen atoms in total. The summed E-state index contributed by atoms with van der Waals surface area (Å²) < 4.78 is 0. The SMILES string of the molecule is NCCCC1(CN)CC2CC(CN)C1C2. The molecule has 4 unspecified atom stereocenters. The van der Waals surface area contributed by atoms with Crippen LogP contribution in [0.25, 0.3) is 0 Å². The van der Waals surface area contributed by atoms with Crippen molar-refractivity contribution < 1.29 is 0 Å². The van der Waals surface area contributed by atoms with Crippen molar-refractivity contribution in [3.63, 3.8) is 0 Å². The van der Waals surface area contributed by atoms with Gasteiger partial charge in [-0.15, -0.1) is 0 Å².